The normalized spacial score (nSPS) is 17.9. The molecular formula is C19H22BrN7O. The molecule has 1 saturated carbocycles. The van der Waals surface area contributed by atoms with Crippen LogP contribution in [0.1, 0.15) is 12.8 Å². The van der Waals surface area contributed by atoms with Crippen molar-refractivity contribution in [1.82, 2.24) is 24.5 Å². The molecule has 3 aromatic rings. The van der Waals surface area contributed by atoms with E-state index in [1.807, 2.05) is 6.07 Å². The van der Waals surface area contributed by atoms with Crippen LogP contribution in [0, 0.1) is 0 Å². The van der Waals surface area contributed by atoms with Crippen molar-refractivity contribution in [2.24, 2.45) is 0 Å². The monoisotopic (exact) mass is 443 g/mol. The fourth-order valence-corrected chi connectivity index (χ4v) is 4.18. The van der Waals surface area contributed by atoms with E-state index >= 15 is 0 Å². The van der Waals surface area contributed by atoms with Crippen LogP contribution in [0.3, 0.4) is 0 Å². The lowest BCUT2D eigenvalue weighted by molar-refractivity contribution is 0.247. The van der Waals surface area contributed by atoms with Gasteiger partial charge >= 0.3 is 0 Å². The number of aromatic nitrogens is 4. The minimum absolute atomic E-state index is 0.639. The number of fused-ring (bicyclic) bond motifs is 1. The summed E-state index contributed by atoms with van der Waals surface area (Å²) in [5, 5.41) is 7.51. The second-order valence-electron chi connectivity index (χ2n) is 7.21. The molecule has 0 unspecified atom stereocenters. The molecule has 0 amide bonds. The molecule has 1 aliphatic carbocycles. The van der Waals surface area contributed by atoms with Gasteiger partial charge in [-0.2, -0.15) is 5.10 Å². The maximum atomic E-state index is 5.70. The third-order valence-corrected chi connectivity index (χ3v) is 5.78. The van der Waals surface area contributed by atoms with Crippen LogP contribution in [0.2, 0.25) is 0 Å². The third-order valence-electron chi connectivity index (χ3n) is 5.39. The summed E-state index contributed by atoms with van der Waals surface area (Å²) in [6.45, 7) is 4.32. The summed E-state index contributed by atoms with van der Waals surface area (Å²) in [5.74, 6) is 1.50. The molecule has 28 heavy (non-hydrogen) atoms. The zero-order chi connectivity index (χ0) is 19.1. The summed E-state index contributed by atoms with van der Waals surface area (Å²) in [6, 6.07) is 7.02. The maximum Gasteiger partial charge on any atom is 0.198 e. The summed E-state index contributed by atoms with van der Waals surface area (Å²) in [5.41, 5.74) is 2.70. The molecular weight excluding hydrogens is 422 g/mol. The Hall–Kier alpha value is -2.39. The largest absolute Gasteiger partial charge is 0.495 e. The SMILES string of the molecule is COc1cc(Nc2nc(Br)cn3ncnc23)ccc1N1CCN(C2CC2)CC1. The first-order valence-corrected chi connectivity index (χ1v) is 10.3. The number of rotatable bonds is 5. The van der Waals surface area contributed by atoms with E-state index in [-0.39, 0.29) is 0 Å². The number of piperazine rings is 1. The molecule has 1 N–H and O–H groups in total. The van der Waals surface area contributed by atoms with Gasteiger partial charge in [0.2, 0.25) is 0 Å². The molecule has 2 aliphatic rings. The van der Waals surface area contributed by atoms with Crippen molar-refractivity contribution in [1.29, 1.82) is 0 Å². The maximum absolute atomic E-state index is 5.70. The van der Waals surface area contributed by atoms with Crippen molar-refractivity contribution in [3.63, 3.8) is 0 Å². The number of nitrogens with zero attached hydrogens (tertiary/aromatic N) is 6. The number of methoxy groups -OCH3 is 1. The minimum Gasteiger partial charge on any atom is -0.495 e. The lowest BCUT2D eigenvalue weighted by atomic mass is 10.2. The zero-order valence-corrected chi connectivity index (χ0v) is 17.3. The molecule has 0 radical (unpaired) electrons. The van der Waals surface area contributed by atoms with E-state index in [0.717, 1.165) is 49.3 Å². The summed E-state index contributed by atoms with van der Waals surface area (Å²) >= 11 is 3.42. The average Bonchev–Trinajstić information content (AvgIpc) is 3.46. The van der Waals surface area contributed by atoms with Crippen molar-refractivity contribution in [2.75, 3.05) is 43.5 Å². The molecule has 2 aromatic heterocycles. The number of hydrogen-bond acceptors (Lipinski definition) is 7. The molecule has 146 valence electrons. The highest BCUT2D eigenvalue weighted by Gasteiger charge is 2.31. The van der Waals surface area contributed by atoms with Gasteiger partial charge in [0, 0.05) is 44.0 Å². The molecule has 8 nitrogen and oxygen atoms in total. The Bertz CT molecular complexity index is 995. The van der Waals surface area contributed by atoms with Crippen LogP contribution in [-0.2, 0) is 0 Å². The van der Waals surface area contributed by atoms with Crippen molar-refractivity contribution in [3.8, 4) is 5.75 Å². The standard InChI is InChI=1S/C19H22BrN7O/c1-28-16-10-13(23-18-19-21-12-22-27(19)11-17(20)24-18)2-5-15(16)26-8-6-25(7-9-26)14-3-4-14/h2,5,10-12,14H,3-4,6-9H2,1H3,(H,23,24). The lowest BCUT2D eigenvalue weighted by Crippen LogP contribution is -2.47. The van der Waals surface area contributed by atoms with E-state index in [9.17, 15) is 0 Å². The van der Waals surface area contributed by atoms with Gasteiger partial charge in [0.1, 0.15) is 16.7 Å². The van der Waals surface area contributed by atoms with Crippen LogP contribution in [0.4, 0.5) is 17.2 Å². The zero-order valence-electron chi connectivity index (χ0n) is 15.7. The molecule has 1 saturated heterocycles. The molecule has 1 aromatic carbocycles. The van der Waals surface area contributed by atoms with E-state index < -0.39 is 0 Å². The first-order chi connectivity index (χ1) is 13.7. The third kappa shape index (κ3) is 3.40. The summed E-state index contributed by atoms with van der Waals surface area (Å²) in [4.78, 5) is 13.8. The number of anilines is 3. The van der Waals surface area contributed by atoms with E-state index in [4.69, 9.17) is 4.74 Å². The Labute approximate surface area is 171 Å². The molecule has 0 spiro atoms. The van der Waals surface area contributed by atoms with Crippen LogP contribution < -0.4 is 15.0 Å². The van der Waals surface area contributed by atoms with Crippen LogP contribution >= 0.6 is 15.9 Å². The summed E-state index contributed by atoms with van der Waals surface area (Å²) in [7, 11) is 1.72. The Morgan fingerprint density at radius 2 is 2.00 bits per heavy atom. The first kappa shape index (κ1) is 17.7. The van der Waals surface area contributed by atoms with E-state index in [1.54, 1.807) is 17.8 Å². The molecule has 9 heteroatoms. The Kier molecular flexibility index (Phi) is 4.56. The van der Waals surface area contributed by atoms with Crippen LogP contribution in [0.15, 0.2) is 35.3 Å². The van der Waals surface area contributed by atoms with Crippen LogP contribution in [-0.4, -0.2) is 63.8 Å². The van der Waals surface area contributed by atoms with Gasteiger partial charge in [0.15, 0.2) is 11.5 Å². The van der Waals surface area contributed by atoms with Gasteiger partial charge < -0.3 is 15.0 Å². The Balaban J connectivity index is 1.37. The average molecular weight is 444 g/mol. The molecule has 0 atom stereocenters. The second-order valence-corrected chi connectivity index (χ2v) is 8.02. The van der Waals surface area contributed by atoms with Crippen LogP contribution in [0.25, 0.3) is 5.65 Å². The van der Waals surface area contributed by atoms with Crippen molar-refractivity contribution >= 4 is 38.8 Å². The lowest BCUT2D eigenvalue weighted by Gasteiger charge is -2.36. The van der Waals surface area contributed by atoms with Gasteiger partial charge in [0.25, 0.3) is 0 Å². The molecule has 2 fully saturated rings. The van der Waals surface area contributed by atoms with Crippen LogP contribution in [0.5, 0.6) is 5.75 Å². The Morgan fingerprint density at radius 1 is 1.18 bits per heavy atom. The van der Waals surface area contributed by atoms with E-state index in [0.29, 0.717) is 16.1 Å². The van der Waals surface area contributed by atoms with Gasteiger partial charge in [-0.3, -0.25) is 4.90 Å². The molecule has 3 heterocycles. The topological polar surface area (TPSA) is 70.8 Å². The smallest absolute Gasteiger partial charge is 0.198 e. The number of benzene rings is 1. The fourth-order valence-electron chi connectivity index (χ4n) is 3.81. The fraction of sp³-hybridized carbons (Fsp3) is 0.421. The predicted molar refractivity (Wildman–Crippen MR) is 112 cm³/mol. The highest BCUT2D eigenvalue weighted by molar-refractivity contribution is 9.10. The van der Waals surface area contributed by atoms with Crippen molar-refractivity contribution in [3.05, 3.63) is 35.3 Å². The van der Waals surface area contributed by atoms with E-state index in [2.05, 4.69) is 58.2 Å². The van der Waals surface area contributed by atoms with Gasteiger partial charge in [-0.1, -0.05) is 0 Å². The highest BCUT2D eigenvalue weighted by atomic mass is 79.9. The Morgan fingerprint density at radius 3 is 2.75 bits per heavy atom. The van der Waals surface area contributed by atoms with Gasteiger partial charge in [0.05, 0.1) is 19.0 Å². The number of halogens is 1. The van der Waals surface area contributed by atoms with E-state index in [1.165, 1.54) is 19.2 Å². The van der Waals surface area contributed by atoms with Crippen molar-refractivity contribution in [2.45, 2.75) is 18.9 Å². The van der Waals surface area contributed by atoms with Crippen molar-refractivity contribution < 1.29 is 4.74 Å². The van der Waals surface area contributed by atoms with Gasteiger partial charge in [-0.25, -0.2) is 14.5 Å². The number of nitrogens with one attached hydrogen (secondary N) is 1. The highest BCUT2D eigenvalue weighted by Crippen LogP contribution is 2.34. The quantitative estimate of drug-likeness (QED) is 0.649. The number of hydrogen-bond donors (Lipinski definition) is 1. The molecule has 5 rings (SSSR count). The first-order valence-electron chi connectivity index (χ1n) is 9.51. The predicted octanol–water partition coefficient (Wildman–Crippen LogP) is 2.92. The second kappa shape index (κ2) is 7.21. The van der Waals surface area contributed by atoms with Gasteiger partial charge in [-0.05, 0) is 40.9 Å². The molecule has 0 bridgehead atoms. The summed E-state index contributed by atoms with van der Waals surface area (Å²) < 4.78 is 8.07. The number of ether oxygens (including phenoxy) is 1. The summed E-state index contributed by atoms with van der Waals surface area (Å²) in [6.07, 6.45) is 6.03. The van der Waals surface area contributed by atoms with Gasteiger partial charge in [-0.15, -0.1) is 0 Å². The minimum atomic E-state index is 0.639. The molecule has 1 aliphatic heterocycles.